The molecule has 0 aromatic heterocycles. The summed E-state index contributed by atoms with van der Waals surface area (Å²) < 4.78 is 0. The summed E-state index contributed by atoms with van der Waals surface area (Å²) >= 11 is 0. The molecule has 2 unspecified atom stereocenters. The summed E-state index contributed by atoms with van der Waals surface area (Å²) in [6, 6.07) is 0.871. The molecule has 2 heteroatoms. The van der Waals surface area contributed by atoms with Crippen LogP contribution in [0.2, 0.25) is 0 Å². The van der Waals surface area contributed by atoms with E-state index in [0.29, 0.717) is 5.54 Å². The monoisotopic (exact) mass is 264 g/mol. The summed E-state index contributed by atoms with van der Waals surface area (Å²) in [5.74, 6) is 3.67. The summed E-state index contributed by atoms with van der Waals surface area (Å²) in [6.07, 6.45) is 5.81. The van der Waals surface area contributed by atoms with Crippen molar-refractivity contribution in [3.8, 4) is 0 Å². The van der Waals surface area contributed by atoms with Gasteiger partial charge in [0.25, 0.3) is 0 Å². The zero-order valence-corrected chi connectivity index (χ0v) is 13.3. The van der Waals surface area contributed by atoms with Crippen molar-refractivity contribution in [3.05, 3.63) is 0 Å². The van der Waals surface area contributed by atoms with Crippen LogP contribution < -0.4 is 5.32 Å². The molecule has 1 N–H and O–H groups in total. The Morgan fingerprint density at radius 1 is 1.05 bits per heavy atom. The Morgan fingerprint density at radius 2 is 1.74 bits per heavy atom. The first-order valence-corrected chi connectivity index (χ1v) is 8.47. The molecule has 2 aliphatic heterocycles. The van der Waals surface area contributed by atoms with Crippen LogP contribution >= 0.6 is 0 Å². The Morgan fingerprint density at radius 3 is 2.32 bits per heavy atom. The van der Waals surface area contributed by atoms with Crippen LogP contribution in [0.1, 0.15) is 53.4 Å². The summed E-state index contributed by atoms with van der Waals surface area (Å²) in [4.78, 5) is 2.89. The predicted molar refractivity (Wildman–Crippen MR) is 81.2 cm³/mol. The van der Waals surface area contributed by atoms with Crippen molar-refractivity contribution in [1.29, 1.82) is 0 Å². The lowest BCUT2D eigenvalue weighted by molar-refractivity contribution is 0.0532. The quantitative estimate of drug-likeness (QED) is 0.824. The van der Waals surface area contributed by atoms with E-state index in [2.05, 4.69) is 37.9 Å². The van der Waals surface area contributed by atoms with Crippen LogP contribution in [0, 0.1) is 23.7 Å². The summed E-state index contributed by atoms with van der Waals surface area (Å²) in [5, 5.41) is 3.60. The fourth-order valence-corrected chi connectivity index (χ4v) is 5.15. The van der Waals surface area contributed by atoms with E-state index >= 15 is 0 Å². The minimum atomic E-state index is 0.420. The molecule has 0 bridgehead atoms. The number of nitrogens with one attached hydrogen (secondary N) is 1. The van der Waals surface area contributed by atoms with Gasteiger partial charge in [0.05, 0.1) is 0 Å². The van der Waals surface area contributed by atoms with E-state index in [-0.39, 0.29) is 0 Å². The van der Waals surface area contributed by atoms with Gasteiger partial charge in [-0.2, -0.15) is 0 Å². The molecule has 2 heterocycles. The van der Waals surface area contributed by atoms with Crippen molar-refractivity contribution < 1.29 is 0 Å². The van der Waals surface area contributed by atoms with Gasteiger partial charge in [-0.05, 0) is 69.7 Å². The molecule has 3 fully saturated rings. The standard InChI is InChI=1S/C17H32N2/c1-12(2)13-5-7-15(8-6-13)19-11-14-9-18-10-16(14)17(19,3)4/h12-16,18H,5-11H2,1-4H3. The third kappa shape index (κ3) is 2.35. The van der Waals surface area contributed by atoms with Crippen LogP contribution in [0.3, 0.4) is 0 Å². The minimum Gasteiger partial charge on any atom is -0.316 e. The maximum absolute atomic E-state index is 3.60. The molecule has 1 saturated carbocycles. The minimum absolute atomic E-state index is 0.420. The molecule has 1 aliphatic carbocycles. The van der Waals surface area contributed by atoms with Gasteiger partial charge in [-0.1, -0.05) is 13.8 Å². The lowest BCUT2D eigenvalue weighted by Crippen LogP contribution is -2.50. The second-order valence-corrected chi connectivity index (χ2v) is 8.14. The molecule has 0 spiro atoms. The van der Waals surface area contributed by atoms with Gasteiger partial charge < -0.3 is 5.32 Å². The average molecular weight is 264 g/mol. The first-order chi connectivity index (χ1) is 9.00. The molecular weight excluding hydrogens is 232 g/mol. The smallest absolute Gasteiger partial charge is 0.0200 e. The highest BCUT2D eigenvalue weighted by molar-refractivity contribution is 5.06. The van der Waals surface area contributed by atoms with Crippen LogP contribution in [0.4, 0.5) is 0 Å². The van der Waals surface area contributed by atoms with E-state index in [9.17, 15) is 0 Å². The van der Waals surface area contributed by atoms with E-state index < -0.39 is 0 Å². The average Bonchev–Trinajstić information content (AvgIpc) is 2.92. The molecule has 2 nitrogen and oxygen atoms in total. The number of hydrogen-bond acceptors (Lipinski definition) is 2. The highest BCUT2D eigenvalue weighted by Gasteiger charge is 2.51. The van der Waals surface area contributed by atoms with Gasteiger partial charge in [0, 0.05) is 24.7 Å². The second kappa shape index (κ2) is 5.04. The van der Waals surface area contributed by atoms with Crippen molar-refractivity contribution in [2.45, 2.75) is 65.0 Å². The zero-order valence-electron chi connectivity index (χ0n) is 13.3. The number of nitrogens with zero attached hydrogens (tertiary/aromatic N) is 1. The normalized spacial score (nSPS) is 42.8. The Hall–Kier alpha value is -0.0800. The van der Waals surface area contributed by atoms with Gasteiger partial charge in [0.2, 0.25) is 0 Å². The molecule has 110 valence electrons. The molecule has 0 radical (unpaired) electrons. The Kier molecular flexibility index (Phi) is 3.68. The van der Waals surface area contributed by atoms with Crippen molar-refractivity contribution in [2.24, 2.45) is 23.7 Å². The lowest BCUT2D eigenvalue weighted by Gasteiger charge is -2.44. The maximum atomic E-state index is 3.60. The second-order valence-electron chi connectivity index (χ2n) is 8.14. The number of hydrogen-bond donors (Lipinski definition) is 1. The van der Waals surface area contributed by atoms with Crippen LogP contribution in [-0.2, 0) is 0 Å². The van der Waals surface area contributed by atoms with Crippen LogP contribution in [0.5, 0.6) is 0 Å². The van der Waals surface area contributed by atoms with E-state index in [4.69, 9.17) is 0 Å². The Labute approximate surface area is 119 Å². The van der Waals surface area contributed by atoms with E-state index in [1.807, 2.05) is 0 Å². The van der Waals surface area contributed by atoms with E-state index in [1.54, 1.807) is 0 Å². The third-order valence-corrected chi connectivity index (χ3v) is 6.54. The number of fused-ring (bicyclic) bond motifs is 1. The molecule has 0 aromatic carbocycles. The van der Waals surface area contributed by atoms with Gasteiger partial charge in [-0.3, -0.25) is 4.90 Å². The van der Waals surface area contributed by atoms with Crippen LogP contribution in [0.15, 0.2) is 0 Å². The highest BCUT2D eigenvalue weighted by Crippen LogP contribution is 2.44. The van der Waals surface area contributed by atoms with Gasteiger partial charge in [-0.15, -0.1) is 0 Å². The molecule has 2 atom stereocenters. The topological polar surface area (TPSA) is 15.3 Å². The lowest BCUT2D eigenvalue weighted by atomic mass is 9.78. The SMILES string of the molecule is CC(C)C1CCC(N2CC3CNCC3C2(C)C)CC1. The van der Waals surface area contributed by atoms with Crippen molar-refractivity contribution in [2.75, 3.05) is 19.6 Å². The van der Waals surface area contributed by atoms with Crippen LogP contribution in [0.25, 0.3) is 0 Å². The van der Waals surface area contributed by atoms with Gasteiger partial charge in [-0.25, -0.2) is 0 Å². The van der Waals surface area contributed by atoms with E-state index in [0.717, 1.165) is 29.7 Å². The largest absolute Gasteiger partial charge is 0.316 e. The van der Waals surface area contributed by atoms with Gasteiger partial charge >= 0.3 is 0 Å². The molecular formula is C17H32N2. The Bertz CT molecular complexity index is 315. The summed E-state index contributed by atoms with van der Waals surface area (Å²) in [6.45, 7) is 13.7. The van der Waals surface area contributed by atoms with Crippen molar-refractivity contribution >= 4 is 0 Å². The highest BCUT2D eigenvalue weighted by atomic mass is 15.3. The fraction of sp³-hybridized carbons (Fsp3) is 1.00. The van der Waals surface area contributed by atoms with Gasteiger partial charge in [0.15, 0.2) is 0 Å². The molecule has 19 heavy (non-hydrogen) atoms. The van der Waals surface area contributed by atoms with E-state index in [1.165, 1.54) is 45.3 Å². The van der Waals surface area contributed by atoms with Crippen molar-refractivity contribution in [3.63, 3.8) is 0 Å². The fourth-order valence-electron chi connectivity index (χ4n) is 5.15. The predicted octanol–water partition coefficient (Wildman–Crippen LogP) is 3.13. The summed E-state index contributed by atoms with van der Waals surface area (Å²) in [7, 11) is 0. The molecule has 2 saturated heterocycles. The maximum Gasteiger partial charge on any atom is 0.0200 e. The molecule has 3 aliphatic rings. The third-order valence-electron chi connectivity index (χ3n) is 6.54. The molecule has 3 rings (SSSR count). The number of likely N-dealkylation sites (tertiary alicyclic amines) is 1. The first kappa shape index (κ1) is 13.9. The Balaban J connectivity index is 1.64. The summed E-state index contributed by atoms with van der Waals surface area (Å²) in [5.41, 5.74) is 0.420. The molecule has 0 amide bonds. The zero-order chi connectivity index (χ0) is 13.6. The van der Waals surface area contributed by atoms with Gasteiger partial charge in [0.1, 0.15) is 0 Å². The molecule has 0 aromatic rings. The number of rotatable bonds is 2. The first-order valence-electron chi connectivity index (χ1n) is 8.47. The van der Waals surface area contributed by atoms with Crippen molar-refractivity contribution in [1.82, 2.24) is 10.2 Å². The van der Waals surface area contributed by atoms with Crippen LogP contribution in [-0.4, -0.2) is 36.1 Å².